The maximum Gasteiger partial charge on any atom is 0.204 e. The van der Waals surface area contributed by atoms with Crippen LogP contribution in [0.1, 0.15) is 60.8 Å². The highest BCUT2D eigenvalue weighted by Crippen LogP contribution is 2.40. The molecule has 0 amide bonds. The number of aliphatic hydroxyl groups is 1. The lowest BCUT2D eigenvalue weighted by atomic mass is 10.2. The standard InChI is InChI=1S/C16H30O2Si/c1-13(2)19(14(3)4,15(5)6)12-10-16(18)9-7-8-11-17/h13-15,17H,7-9,11H2,1-6H3. The van der Waals surface area contributed by atoms with Gasteiger partial charge in [0.05, 0.1) is 0 Å². The number of Topliss-reactive ketones (excluding diaryl/α,β-unsaturated/α-hetero) is 1. The largest absolute Gasteiger partial charge is 0.396 e. The van der Waals surface area contributed by atoms with Gasteiger partial charge >= 0.3 is 0 Å². The second-order valence-corrected chi connectivity index (χ2v) is 11.8. The van der Waals surface area contributed by atoms with E-state index in [-0.39, 0.29) is 12.4 Å². The van der Waals surface area contributed by atoms with Crippen molar-refractivity contribution in [2.24, 2.45) is 0 Å². The van der Waals surface area contributed by atoms with Crippen molar-refractivity contribution in [1.29, 1.82) is 0 Å². The molecule has 0 unspecified atom stereocenters. The molecular weight excluding hydrogens is 252 g/mol. The highest BCUT2D eigenvalue weighted by molar-refractivity contribution is 6.90. The first-order valence-corrected chi connectivity index (χ1v) is 9.69. The molecule has 110 valence electrons. The predicted molar refractivity (Wildman–Crippen MR) is 84.8 cm³/mol. The highest BCUT2D eigenvalue weighted by Gasteiger charge is 2.41. The minimum Gasteiger partial charge on any atom is -0.396 e. The lowest BCUT2D eigenvalue weighted by Crippen LogP contribution is -2.43. The minimum atomic E-state index is -1.77. The van der Waals surface area contributed by atoms with E-state index in [0.29, 0.717) is 29.5 Å². The Bertz CT molecular complexity index is 313. The van der Waals surface area contributed by atoms with Gasteiger partial charge in [0.2, 0.25) is 5.78 Å². The molecule has 0 aromatic heterocycles. The van der Waals surface area contributed by atoms with E-state index in [1.165, 1.54) is 0 Å². The van der Waals surface area contributed by atoms with Crippen LogP contribution in [0.15, 0.2) is 0 Å². The minimum absolute atomic E-state index is 0.0345. The summed E-state index contributed by atoms with van der Waals surface area (Å²) in [6.07, 6.45) is 1.91. The Morgan fingerprint density at radius 2 is 1.47 bits per heavy atom. The summed E-state index contributed by atoms with van der Waals surface area (Å²) in [4.78, 5) is 11.8. The molecule has 0 aromatic rings. The molecule has 0 radical (unpaired) electrons. The van der Waals surface area contributed by atoms with Crippen LogP contribution in [-0.4, -0.2) is 25.6 Å². The maximum absolute atomic E-state index is 11.8. The van der Waals surface area contributed by atoms with Crippen molar-refractivity contribution >= 4 is 13.9 Å². The molecule has 0 heterocycles. The number of unbranched alkanes of at least 4 members (excludes halogenated alkanes) is 1. The van der Waals surface area contributed by atoms with Gasteiger partial charge in [-0.3, -0.25) is 4.79 Å². The van der Waals surface area contributed by atoms with E-state index >= 15 is 0 Å². The third-order valence-electron chi connectivity index (χ3n) is 4.10. The fourth-order valence-corrected chi connectivity index (χ4v) is 8.29. The molecule has 0 aliphatic heterocycles. The third kappa shape index (κ3) is 5.12. The van der Waals surface area contributed by atoms with Crippen molar-refractivity contribution in [2.45, 2.75) is 77.4 Å². The zero-order chi connectivity index (χ0) is 15.1. The summed E-state index contributed by atoms with van der Waals surface area (Å²) in [7, 11) is -1.77. The Hall–Kier alpha value is -0.593. The fraction of sp³-hybridized carbons (Fsp3) is 0.812. The molecule has 0 aliphatic carbocycles. The van der Waals surface area contributed by atoms with Crippen molar-refractivity contribution in [3.05, 3.63) is 0 Å². The topological polar surface area (TPSA) is 37.3 Å². The van der Waals surface area contributed by atoms with Gasteiger partial charge in [-0.05, 0) is 35.4 Å². The first kappa shape index (κ1) is 18.4. The van der Waals surface area contributed by atoms with Gasteiger partial charge in [-0.1, -0.05) is 41.5 Å². The van der Waals surface area contributed by atoms with Crippen LogP contribution in [0.2, 0.25) is 16.6 Å². The number of ketones is 1. The average Bonchev–Trinajstić information content (AvgIpc) is 2.28. The molecule has 0 spiro atoms. The fourth-order valence-electron chi connectivity index (χ4n) is 3.07. The van der Waals surface area contributed by atoms with Crippen molar-refractivity contribution in [3.63, 3.8) is 0 Å². The summed E-state index contributed by atoms with van der Waals surface area (Å²) in [5.41, 5.74) is 5.12. The van der Waals surface area contributed by atoms with Gasteiger partial charge in [-0.25, -0.2) is 0 Å². The zero-order valence-electron chi connectivity index (χ0n) is 13.4. The van der Waals surface area contributed by atoms with E-state index in [1.807, 2.05) is 0 Å². The Labute approximate surface area is 120 Å². The van der Waals surface area contributed by atoms with E-state index in [2.05, 4.69) is 53.0 Å². The average molecular weight is 282 g/mol. The molecule has 0 fully saturated rings. The SMILES string of the molecule is CC(C)[Si](C#CC(=O)CCCCO)(C(C)C)C(C)C. The monoisotopic (exact) mass is 282 g/mol. The Morgan fingerprint density at radius 1 is 1.00 bits per heavy atom. The van der Waals surface area contributed by atoms with Gasteiger partial charge < -0.3 is 5.11 Å². The zero-order valence-corrected chi connectivity index (χ0v) is 14.4. The molecule has 0 saturated heterocycles. The predicted octanol–water partition coefficient (Wildman–Crippen LogP) is 3.94. The van der Waals surface area contributed by atoms with E-state index in [9.17, 15) is 4.79 Å². The molecule has 0 aromatic carbocycles. The van der Waals surface area contributed by atoms with E-state index in [4.69, 9.17) is 5.11 Å². The van der Waals surface area contributed by atoms with Crippen LogP contribution in [-0.2, 0) is 4.79 Å². The summed E-state index contributed by atoms with van der Waals surface area (Å²) < 4.78 is 0. The molecule has 0 bridgehead atoms. The van der Waals surface area contributed by atoms with E-state index < -0.39 is 8.07 Å². The summed E-state index contributed by atoms with van der Waals surface area (Å²) in [5, 5.41) is 8.72. The number of hydrogen-bond donors (Lipinski definition) is 1. The lowest BCUT2D eigenvalue weighted by molar-refractivity contribution is -0.113. The quantitative estimate of drug-likeness (QED) is 0.436. The molecule has 2 nitrogen and oxygen atoms in total. The second-order valence-electron chi connectivity index (χ2n) is 6.25. The van der Waals surface area contributed by atoms with Crippen LogP contribution in [0.25, 0.3) is 0 Å². The van der Waals surface area contributed by atoms with Crippen LogP contribution in [0.4, 0.5) is 0 Å². The first-order valence-electron chi connectivity index (χ1n) is 7.45. The third-order valence-corrected chi connectivity index (χ3v) is 10.4. The van der Waals surface area contributed by atoms with Crippen LogP contribution in [0.5, 0.6) is 0 Å². The van der Waals surface area contributed by atoms with E-state index in [1.54, 1.807) is 0 Å². The molecule has 0 rings (SSSR count). The van der Waals surface area contributed by atoms with Crippen molar-refractivity contribution in [2.75, 3.05) is 6.61 Å². The Morgan fingerprint density at radius 3 is 1.84 bits per heavy atom. The van der Waals surface area contributed by atoms with Gasteiger partial charge in [0.15, 0.2) is 0 Å². The summed E-state index contributed by atoms with van der Waals surface area (Å²) >= 11 is 0. The number of aliphatic hydroxyl groups excluding tert-OH is 1. The molecule has 0 atom stereocenters. The summed E-state index contributed by atoms with van der Waals surface area (Å²) in [5.74, 6) is 2.95. The Kier molecular flexibility index (Phi) is 8.29. The van der Waals surface area contributed by atoms with Gasteiger partial charge in [-0.15, -0.1) is 5.54 Å². The molecule has 3 heteroatoms. The van der Waals surface area contributed by atoms with Gasteiger partial charge in [-0.2, -0.15) is 0 Å². The molecule has 19 heavy (non-hydrogen) atoms. The van der Waals surface area contributed by atoms with Crippen molar-refractivity contribution in [3.8, 4) is 11.5 Å². The van der Waals surface area contributed by atoms with Crippen molar-refractivity contribution < 1.29 is 9.90 Å². The van der Waals surface area contributed by atoms with Gasteiger partial charge in [0.25, 0.3) is 0 Å². The lowest BCUT2D eigenvalue weighted by Gasteiger charge is -2.37. The number of rotatable bonds is 7. The number of hydrogen-bond acceptors (Lipinski definition) is 2. The molecule has 0 aliphatic rings. The van der Waals surface area contributed by atoms with Crippen LogP contribution >= 0.6 is 0 Å². The van der Waals surface area contributed by atoms with Crippen LogP contribution in [0, 0.1) is 11.5 Å². The number of carbonyl (C=O) groups is 1. The Balaban J connectivity index is 4.99. The van der Waals surface area contributed by atoms with Gasteiger partial charge in [0, 0.05) is 13.0 Å². The smallest absolute Gasteiger partial charge is 0.204 e. The van der Waals surface area contributed by atoms with Crippen LogP contribution in [0.3, 0.4) is 0 Å². The summed E-state index contributed by atoms with van der Waals surface area (Å²) in [6, 6.07) is 0. The van der Waals surface area contributed by atoms with Crippen molar-refractivity contribution in [1.82, 2.24) is 0 Å². The normalized spacial score (nSPS) is 11.9. The molecule has 0 saturated carbocycles. The summed E-state index contributed by atoms with van der Waals surface area (Å²) in [6.45, 7) is 13.6. The first-order chi connectivity index (χ1) is 8.78. The number of carbonyl (C=O) groups excluding carboxylic acids is 1. The maximum atomic E-state index is 11.8. The second kappa shape index (κ2) is 8.55. The highest BCUT2D eigenvalue weighted by atomic mass is 28.3. The van der Waals surface area contributed by atoms with E-state index in [0.717, 1.165) is 6.42 Å². The van der Waals surface area contributed by atoms with Crippen LogP contribution < -0.4 is 0 Å². The molecular formula is C16H30O2Si. The van der Waals surface area contributed by atoms with Gasteiger partial charge in [0.1, 0.15) is 8.07 Å². The molecule has 1 N–H and O–H groups in total.